The van der Waals surface area contributed by atoms with Gasteiger partial charge in [0.1, 0.15) is 10.7 Å². The van der Waals surface area contributed by atoms with Crippen molar-refractivity contribution >= 4 is 28.8 Å². The number of anilines is 1. The lowest BCUT2D eigenvalue weighted by Crippen LogP contribution is -2.19. The first-order valence-corrected chi connectivity index (χ1v) is 10.2. The van der Waals surface area contributed by atoms with Crippen molar-refractivity contribution in [1.82, 2.24) is 14.8 Å². The van der Waals surface area contributed by atoms with Gasteiger partial charge in [-0.2, -0.15) is 18.3 Å². The zero-order chi connectivity index (χ0) is 20.2. The van der Waals surface area contributed by atoms with Crippen LogP contribution in [-0.4, -0.2) is 19.0 Å². The van der Waals surface area contributed by atoms with Crippen LogP contribution in [0.5, 0.6) is 0 Å². The average Bonchev–Trinajstić information content (AvgIpc) is 3.24. The fraction of sp³-hybridized carbons (Fsp3) is 0.467. The number of fused-ring (bicyclic) bond motifs is 1. The molecule has 27 heavy (non-hydrogen) atoms. The molecule has 2 aromatic rings. The predicted octanol–water partition coefficient (Wildman–Crippen LogP) is 2.72. The van der Waals surface area contributed by atoms with Crippen LogP contribution in [0.4, 0.5) is 18.9 Å². The number of rotatable bonds is 4. The van der Waals surface area contributed by atoms with E-state index in [9.17, 15) is 17.4 Å². The largest absolute Gasteiger partial charge is 0.433 e. The fourth-order valence-electron chi connectivity index (χ4n) is 2.78. The third-order valence-electron chi connectivity index (χ3n) is 4.00. The van der Waals surface area contributed by atoms with Crippen LogP contribution < -0.4 is 15.0 Å². The van der Waals surface area contributed by atoms with Crippen molar-refractivity contribution in [3.8, 4) is 0 Å². The number of halogens is 3. The Labute approximate surface area is 161 Å². The fourth-order valence-corrected chi connectivity index (χ4v) is 3.55. The molecule has 0 saturated heterocycles. The van der Waals surface area contributed by atoms with Crippen LogP contribution in [-0.2, 0) is 36.7 Å². The second kappa shape index (κ2) is 9.04. The Morgan fingerprint density at radius 1 is 1.41 bits per heavy atom. The summed E-state index contributed by atoms with van der Waals surface area (Å²) in [6.45, 7) is 4.25. The first kappa shape index (κ1) is 21.7. The zero-order valence-corrected chi connectivity index (χ0v) is 16.5. The van der Waals surface area contributed by atoms with Crippen LogP contribution in [0, 0.1) is 6.92 Å². The molecule has 0 radical (unpaired) electrons. The highest BCUT2D eigenvalue weighted by Gasteiger charge is 2.37. The van der Waals surface area contributed by atoms with Gasteiger partial charge in [-0.05, 0) is 56.7 Å². The first-order chi connectivity index (χ1) is 12.7. The molecule has 0 bridgehead atoms. The molecule has 7 nitrogen and oxygen atoms in total. The van der Waals surface area contributed by atoms with Crippen LogP contribution >= 0.6 is 11.9 Å². The highest BCUT2D eigenvalue weighted by atomic mass is 32.2. The van der Waals surface area contributed by atoms with E-state index in [1.165, 1.54) is 18.9 Å². The van der Waals surface area contributed by atoms with Gasteiger partial charge in [0.2, 0.25) is 0 Å². The van der Waals surface area contributed by atoms with E-state index in [1.807, 2.05) is 23.9 Å². The van der Waals surface area contributed by atoms with E-state index in [4.69, 9.17) is 10.3 Å². The van der Waals surface area contributed by atoms with E-state index in [0.29, 0.717) is 24.1 Å². The summed E-state index contributed by atoms with van der Waals surface area (Å²) < 4.78 is 53.8. The molecule has 0 aliphatic heterocycles. The second-order valence-electron chi connectivity index (χ2n) is 5.76. The SMILES string of the molecule is CCn1ccc(SN)n1.Cc1c(C(F)(F)F)nc2c(c1NS(N)=O)CCC2. The number of pyridine rings is 1. The minimum Gasteiger partial charge on any atom is -0.292 e. The minimum atomic E-state index is -4.52. The van der Waals surface area contributed by atoms with Crippen LogP contribution in [0.3, 0.4) is 0 Å². The normalized spacial score (nSPS) is 14.3. The summed E-state index contributed by atoms with van der Waals surface area (Å²) in [4.78, 5) is 3.69. The van der Waals surface area contributed by atoms with Gasteiger partial charge in [0.15, 0.2) is 11.2 Å². The Hall–Kier alpha value is -1.63. The monoisotopic (exact) mass is 422 g/mol. The Morgan fingerprint density at radius 3 is 2.59 bits per heavy atom. The van der Waals surface area contributed by atoms with E-state index in [2.05, 4.69) is 14.8 Å². The van der Waals surface area contributed by atoms with E-state index >= 15 is 0 Å². The van der Waals surface area contributed by atoms with E-state index in [1.54, 1.807) is 0 Å². The van der Waals surface area contributed by atoms with E-state index in [0.717, 1.165) is 18.0 Å². The Balaban J connectivity index is 0.000000244. The van der Waals surface area contributed by atoms with Crippen LogP contribution in [0.25, 0.3) is 0 Å². The van der Waals surface area contributed by atoms with Gasteiger partial charge >= 0.3 is 6.18 Å². The topological polar surface area (TPSA) is 112 Å². The number of hydrogen-bond acceptors (Lipinski definition) is 5. The molecular formula is C15H21F3N6OS2. The minimum absolute atomic E-state index is 0.0537. The number of nitrogens with two attached hydrogens (primary N) is 2. The van der Waals surface area contributed by atoms with Crippen LogP contribution in [0.1, 0.15) is 35.9 Å². The van der Waals surface area contributed by atoms with Crippen molar-refractivity contribution in [2.75, 3.05) is 4.72 Å². The molecule has 150 valence electrons. The summed E-state index contributed by atoms with van der Waals surface area (Å²) in [6.07, 6.45) is -0.732. The highest BCUT2D eigenvalue weighted by molar-refractivity contribution is 7.97. The van der Waals surface area contributed by atoms with Gasteiger partial charge in [-0.15, -0.1) is 0 Å². The molecule has 3 rings (SSSR count). The molecule has 0 saturated carbocycles. The predicted molar refractivity (Wildman–Crippen MR) is 99.9 cm³/mol. The maximum atomic E-state index is 12.8. The summed E-state index contributed by atoms with van der Waals surface area (Å²) >= 11 is -0.726. The summed E-state index contributed by atoms with van der Waals surface area (Å²) in [6, 6.07) is 1.90. The zero-order valence-electron chi connectivity index (χ0n) is 14.8. The third-order valence-corrected chi connectivity index (χ3v) is 4.86. The summed E-state index contributed by atoms with van der Waals surface area (Å²) in [5.74, 6) is 0. The number of alkyl halides is 3. The third kappa shape index (κ3) is 5.43. The maximum Gasteiger partial charge on any atom is 0.433 e. The van der Waals surface area contributed by atoms with Crippen molar-refractivity contribution in [3.05, 3.63) is 34.8 Å². The molecule has 1 atom stereocenters. The lowest BCUT2D eigenvalue weighted by Gasteiger charge is -2.17. The van der Waals surface area contributed by atoms with Gasteiger partial charge in [0.25, 0.3) is 0 Å². The van der Waals surface area contributed by atoms with E-state index < -0.39 is 23.0 Å². The molecule has 2 aromatic heterocycles. The van der Waals surface area contributed by atoms with Crippen molar-refractivity contribution in [1.29, 1.82) is 0 Å². The maximum absolute atomic E-state index is 12.8. The molecule has 5 N–H and O–H groups in total. The lowest BCUT2D eigenvalue weighted by atomic mass is 10.1. The first-order valence-electron chi connectivity index (χ1n) is 8.09. The molecule has 0 fully saturated rings. The van der Waals surface area contributed by atoms with E-state index in [-0.39, 0.29) is 11.3 Å². The molecule has 1 aliphatic carbocycles. The number of hydrogen-bond donors (Lipinski definition) is 3. The Morgan fingerprint density at radius 2 is 2.11 bits per heavy atom. The standard InChI is InChI=1S/C10H12F3N3OS.C5H9N3S/c1-5-8(16-18(14)17)6-3-2-4-7(6)15-9(5)10(11,12)13;1-2-8-4-3-5(7-8)9-6/h2-4,14H2,1H3,(H,15,16);3-4H,2,6H2,1H3. The smallest absolute Gasteiger partial charge is 0.292 e. The number of nitrogens with one attached hydrogen (secondary N) is 1. The molecule has 2 heterocycles. The Kier molecular flexibility index (Phi) is 7.25. The van der Waals surface area contributed by atoms with Crippen LogP contribution in [0.2, 0.25) is 0 Å². The number of aromatic nitrogens is 3. The van der Waals surface area contributed by atoms with Gasteiger partial charge < -0.3 is 0 Å². The number of aryl methyl sites for hydroxylation is 2. The van der Waals surface area contributed by atoms with Gasteiger partial charge in [-0.1, -0.05) is 0 Å². The molecule has 0 spiro atoms. The average molecular weight is 423 g/mol. The molecular weight excluding hydrogens is 401 g/mol. The van der Waals surface area contributed by atoms with Gasteiger partial charge in [0, 0.05) is 24.0 Å². The summed E-state index contributed by atoms with van der Waals surface area (Å²) in [7, 11) is 0. The molecule has 0 aromatic carbocycles. The summed E-state index contributed by atoms with van der Waals surface area (Å²) in [5.41, 5.74) is 0.337. The van der Waals surface area contributed by atoms with Crippen molar-refractivity contribution in [2.24, 2.45) is 10.3 Å². The quantitative estimate of drug-likeness (QED) is 0.656. The molecule has 0 amide bonds. The molecule has 1 aliphatic rings. The lowest BCUT2D eigenvalue weighted by molar-refractivity contribution is -0.141. The van der Waals surface area contributed by atoms with Gasteiger partial charge in [-0.25, -0.2) is 14.3 Å². The molecule has 1 unspecified atom stereocenters. The van der Waals surface area contributed by atoms with Crippen molar-refractivity contribution < 1.29 is 17.4 Å². The number of nitrogens with zero attached hydrogens (tertiary/aromatic N) is 3. The van der Waals surface area contributed by atoms with Gasteiger partial charge in [-0.3, -0.25) is 14.5 Å². The Bertz CT molecular complexity index is 806. The second-order valence-corrected chi connectivity index (χ2v) is 7.22. The van der Waals surface area contributed by atoms with Crippen LogP contribution in [0.15, 0.2) is 17.3 Å². The van der Waals surface area contributed by atoms with Crippen molar-refractivity contribution in [2.45, 2.75) is 50.9 Å². The molecule has 12 heteroatoms. The van der Waals surface area contributed by atoms with Crippen molar-refractivity contribution in [3.63, 3.8) is 0 Å². The summed E-state index contributed by atoms with van der Waals surface area (Å²) in [5, 5.41) is 15.3. The van der Waals surface area contributed by atoms with Gasteiger partial charge in [0.05, 0.1) is 5.69 Å². The highest BCUT2D eigenvalue weighted by Crippen LogP contribution is 2.38.